The van der Waals surface area contributed by atoms with Gasteiger partial charge in [0.05, 0.1) is 0 Å². The van der Waals surface area contributed by atoms with Gasteiger partial charge in [-0.05, 0) is 38.0 Å². The molecule has 4 nitrogen and oxygen atoms in total. The van der Waals surface area contributed by atoms with Gasteiger partial charge in [-0.3, -0.25) is 9.59 Å². The predicted molar refractivity (Wildman–Crippen MR) is 85.9 cm³/mol. The molecule has 1 saturated heterocycles. The first kappa shape index (κ1) is 18.0. The Hall–Kier alpha value is -1.06. The van der Waals surface area contributed by atoms with E-state index >= 15 is 0 Å². The molecular formula is C17H32N2O2. The maximum atomic E-state index is 12.8. The number of carbonyl (C=O) groups excluding carboxylic acids is 2. The minimum atomic E-state index is -0.641. The Morgan fingerprint density at radius 3 is 2.29 bits per heavy atom. The molecule has 1 N–H and O–H groups in total. The minimum absolute atomic E-state index is 0.0371. The van der Waals surface area contributed by atoms with Crippen LogP contribution in [0.15, 0.2) is 0 Å². The van der Waals surface area contributed by atoms with Crippen LogP contribution in [0.2, 0.25) is 0 Å². The van der Waals surface area contributed by atoms with E-state index in [1.165, 1.54) is 0 Å². The topological polar surface area (TPSA) is 49.4 Å². The van der Waals surface area contributed by atoms with Crippen molar-refractivity contribution in [1.29, 1.82) is 0 Å². The van der Waals surface area contributed by atoms with Crippen molar-refractivity contribution < 1.29 is 9.59 Å². The largest absolute Gasteiger partial charge is 0.342 e. The highest BCUT2D eigenvalue weighted by Gasteiger charge is 2.49. The standard InChI is InChI=1S/C17H32N2O2/c1-6-10-14-15(20)19(12-9-11-13(4)5)17(7-2,8-3)16(21)18-14/h13-14H,6-12H2,1-5H3,(H,18,21). The van der Waals surface area contributed by atoms with Crippen LogP contribution >= 0.6 is 0 Å². The van der Waals surface area contributed by atoms with Gasteiger partial charge in [0, 0.05) is 6.54 Å². The van der Waals surface area contributed by atoms with E-state index in [4.69, 9.17) is 0 Å². The maximum Gasteiger partial charge on any atom is 0.246 e. The Kier molecular flexibility index (Phi) is 6.69. The van der Waals surface area contributed by atoms with Crippen LogP contribution in [0.25, 0.3) is 0 Å². The van der Waals surface area contributed by atoms with Gasteiger partial charge in [-0.2, -0.15) is 0 Å². The molecule has 1 rings (SSSR count). The third-order valence-electron chi connectivity index (χ3n) is 4.72. The summed E-state index contributed by atoms with van der Waals surface area (Å²) in [5.74, 6) is 0.779. The van der Waals surface area contributed by atoms with Crippen molar-refractivity contribution in [2.45, 2.75) is 84.7 Å². The zero-order chi connectivity index (χ0) is 16.0. The molecule has 1 atom stereocenters. The van der Waals surface area contributed by atoms with Crippen molar-refractivity contribution in [1.82, 2.24) is 10.2 Å². The van der Waals surface area contributed by atoms with Gasteiger partial charge in [-0.1, -0.05) is 41.0 Å². The van der Waals surface area contributed by atoms with Crippen LogP contribution in [-0.2, 0) is 9.59 Å². The Labute approximate surface area is 129 Å². The van der Waals surface area contributed by atoms with Gasteiger partial charge in [0.15, 0.2) is 0 Å². The average molecular weight is 296 g/mol. The van der Waals surface area contributed by atoms with E-state index in [9.17, 15) is 9.59 Å². The van der Waals surface area contributed by atoms with Crippen LogP contribution in [-0.4, -0.2) is 34.8 Å². The van der Waals surface area contributed by atoms with Crippen molar-refractivity contribution >= 4 is 11.8 Å². The van der Waals surface area contributed by atoms with Crippen molar-refractivity contribution in [2.75, 3.05) is 6.54 Å². The van der Waals surface area contributed by atoms with E-state index in [2.05, 4.69) is 19.2 Å². The lowest BCUT2D eigenvalue weighted by Gasteiger charge is -2.48. The fourth-order valence-electron chi connectivity index (χ4n) is 3.29. The van der Waals surface area contributed by atoms with Crippen LogP contribution in [0.1, 0.15) is 73.1 Å². The third-order valence-corrected chi connectivity index (χ3v) is 4.72. The second-order valence-electron chi connectivity index (χ2n) is 6.58. The molecule has 0 spiro atoms. The first-order valence-corrected chi connectivity index (χ1v) is 8.55. The van der Waals surface area contributed by atoms with Gasteiger partial charge in [-0.25, -0.2) is 0 Å². The molecule has 0 aromatic carbocycles. The van der Waals surface area contributed by atoms with Crippen molar-refractivity contribution in [2.24, 2.45) is 5.92 Å². The lowest BCUT2D eigenvalue weighted by molar-refractivity contribution is -0.158. The van der Waals surface area contributed by atoms with Crippen LogP contribution in [0, 0.1) is 5.92 Å². The summed E-state index contributed by atoms with van der Waals surface area (Å²) in [4.78, 5) is 27.3. The number of piperazine rings is 1. The molecule has 0 bridgehead atoms. The summed E-state index contributed by atoms with van der Waals surface area (Å²) in [6, 6.07) is -0.326. The number of nitrogens with zero attached hydrogens (tertiary/aromatic N) is 1. The fraction of sp³-hybridized carbons (Fsp3) is 0.882. The third kappa shape index (κ3) is 3.78. The zero-order valence-corrected chi connectivity index (χ0v) is 14.4. The molecule has 1 heterocycles. The van der Waals surface area contributed by atoms with Crippen LogP contribution in [0.3, 0.4) is 0 Å². The van der Waals surface area contributed by atoms with E-state index in [1.54, 1.807) is 0 Å². The lowest BCUT2D eigenvalue weighted by Crippen LogP contribution is -2.70. The zero-order valence-electron chi connectivity index (χ0n) is 14.4. The van der Waals surface area contributed by atoms with Gasteiger partial charge >= 0.3 is 0 Å². The molecule has 0 aromatic rings. The monoisotopic (exact) mass is 296 g/mol. The number of hydrogen-bond donors (Lipinski definition) is 1. The molecule has 2 amide bonds. The molecule has 1 unspecified atom stereocenters. The summed E-state index contributed by atoms with van der Waals surface area (Å²) in [6.45, 7) is 11.1. The Balaban J connectivity index is 2.95. The fourth-order valence-corrected chi connectivity index (χ4v) is 3.29. The Morgan fingerprint density at radius 1 is 1.19 bits per heavy atom. The van der Waals surface area contributed by atoms with Crippen LogP contribution in [0.4, 0.5) is 0 Å². The maximum absolute atomic E-state index is 12.8. The normalized spacial score (nSPS) is 21.8. The molecule has 4 heteroatoms. The Morgan fingerprint density at radius 2 is 1.81 bits per heavy atom. The van der Waals surface area contributed by atoms with E-state index in [1.807, 2.05) is 25.7 Å². The van der Waals surface area contributed by atoms with Gasteiger partial charge in [-0.15, -0.1) is 0 Å². The highest BCUT2D eigenvalue weighted by molar-refractivity contribution is 5.99. The van der Waals surface area contributed by atoms with E-state index < -0.39 is 5.54 Å². The molecule has 0 radical (unpaired) electrons. The molecule has 0 aliphatic carbocycles. The van der Waals surface area contributed by atoms with Crippen molar-refractivity contribution in [3.63, 3.8) is 0 Å². The van der Waals surface area contributed by atoms with E-state index in [0.29, 0.717) is 25.3 Å². The quantitative estimate of drug-likeness (QED) is 0.748. The summed E-state index contributed by atoms with van der Waals surface area (Å²) in [6.07, 6.45) is 5.06. The van der Waals surface area contributed by atoms with E-state index in [-0.39, 0.29) is 17.9 Å². The number of nitrogens with one attached hydrogen (secondary N) is 1. The molecular weight excluding hydrogens is 264 g/mol. The van der Waals surface area contributed by atoms with Crippen LogP contribution in [0.5, 0.6) is 0 Å². The lowest BCUT2D eigenvalue weighted by atomic mass is 9.85. The first-order chi connectivity index (χ1) is 9.92. The number of rotatable bonds is 8. The summed E-state index contributed by atoms with van der Waals surface area (Å²) in [5.41, 5.74) is -0.641. The SMILES string of the molecule is CCCC1NC(=O)C(CC)(CC)N(CCCC(C)C)C1=O. The van der Waals surface area contributed by atoms with Gasteiger partial charge in [0.25, 0.3) is 0 Å². The summed E-state index contributed by atoms with van der Waals surface area (Å²) < 4.78 is 0. The second-order valence-corrected chi connectivity index (χ2v) is 6.58. The van der Waals surface area contributed by atoms with Gasteiger partial charge < -0.3 is 10.2 Å². The first-order valence-electron chi connectivity index (χ1n) is 8.55. The number of carbonyl (C=O) groups is 2. The molecule has 21 heavy (non-hydrogen) atoms. The highest BCUT2D eigenvalue weighted by atomic mass is 16.2. The van der Waals surface area contributed by atoms with Gasteiger partial charge in [0.2, 0.25) is 11.8 Å². The van der Waals surface area contributed by atoms with E-state index in [0.717, 1.165) is 25.7 Å². The smallest absolute Gasteiger partial charge is 0.246 e. The van der Waals surface area contributed by atoms with Gasteiger partial charge in [0.1, 0.15) is 11.6 Å². The summed E-state index contributed by atoms with van der Waals surface area (Å²) in [7, 11) is 0. The molecule has 1 fully saturated rings. The summed E-state index contributed by atoms with van der Waals surface area (Å²) in [5, 5.41) is 2.96. The Bertz CT molecular complexity index is 362. The van der Waals surface area contributed by atoms with Crippen LogP contribution < -0.4 is 5.32 Å². The van der Waals surface area contributed by atoms with Crippen molar-refractivity contribution in [3.05, 3.63) is 0 Å². The minimum Gasteiger partial charge on any atom is -0.342 e. The molecule has 0 saturated carbocycles. The molecule has 1 aliphatic rings. The second kappa shape index (κ2) is 7.81. The number of amides is 2. The molecule has 0 aromatic heterocycles. The number of hydrogen-bond acceptors (Lipinski definition) is 2. The average Bonchev–Trinajstić information content (AvgIpc) is 2.44. The highest BCUT2D eigenvalue weighted by Crippen LogP contribution is 2.30. The molecule has 122 valence electrons. The summed E-state index contributed by atoms with van der Waals surface area (Å²) >= 11 is 0. The van der Waals surface area contributed by atoms with Crippen molar-refractivity contribution in [3.8, 4) is 0 Å². The molecule has 1 aliphatic heterocycles. The predicted octanol–water partition coefficient (Wildman–Crippen LogP) is 3.11.